The zero-order valence-electron chi connectivity index (χ0n) is 14.6. The van der Waals surface area contributed by atoms with Crippen molar-refractivity contribution in [1.29, 1.82) is 0 Å². The van der Waals surface area contributed by atoms with Gasteiger partial charge in [0.1, 0.15) is 11.6 Å². The van der Waals surface area contributed by atoms with E-state index in [1.807, 2.05) is 12.1 Å². The number of nitrogens with zero attached hydrogens (tertiary/aromatic N) is 1. The van der Waals surface area contributed by atoms with Crippen LogP contribution in [0.4, 0.5) is 10.2 Å². The van der Waals surface area contributed by atoms with Crippen molar-refractivity contribution in [3.05, 3.63) is 59.9 Å². The molecule has 0 amide bonds. The SMILES string of the molecule is Cc1ccc(-c2cc3cc(F)ccc3c(NC3CCCCC3)n2)cc1. The second-order valence-electron chi connectivity index (χ2n) is 7.07. The number of benzene rings is 2. The minimum atomic E-state index is -0.211. The normalized spacial score (nSPS) is 15.4. The van der Waals surface area contributed by atoms with Crippen LogP contribution in [0.3, 0.4) is 0 Å². The molecule has 1 aromatic heterocycles. The number of fused-ring (bicyclic) bond motifs is 1. The summed E-state index contributed by atoms with van der Waals surface area (Å²) in [6.07, 6.45) is 6.21. The first-order valence-corrected chi connectivity index (χ1v) is 9.13. The maximum Gasteiger partial charge on any atom is 0.134 e. The van der Waals surface area contributed by atoms with Crippen molar-refractivity contribution in [2.45, 2.75) is 45.1 Å². The fourth-order valence-corrected chi connectivity index (χ4v) is 3.65. The van der Waals surface area contributed by atoms with Crippen LogP contribution >= 0.6 is 0 Å². The van der Waals surface area contributed by atoms with E-state index in [1.165, 1.54) is 43.7 Å². The summed E-state index contributed by atoms with van der Waals surface area (Å²) in [6.45, 7) is 2.07. The van der Waals surface area contributed by atoms with Gasteiger partial charge in [-0.1, -0.05) is 49.1 Å². The molecular weight excluding hydrogens is 311 g/mol. The minimum Gasteiger partial charge on any atom is -0.367 e. The molecule has 4 rings (SSSR count). The maximum atomic E-state index is 13.8. The summed E-state index contributed by atoms with van der Waals surface area (Å²) in [5.41, 5.74) is 3.16. The van der Waals surface area contributed by atoms with Gasteiger partial charge in [-0.25, -0.2) is 9.37 Å². The molecule has 0 radical (unpaired) electrons. The summed E-state index contributed by atoms with van der Waals surface area (Å²) in [6, 6.07) is 15.7. The van der Waals surface area contributed by atoms with Crippen LogP contribution < -0.4 is 5.32 Å². The van der Waals surface area contributed by atoms with E-state index in [4.69, 9.17) is 4.98 Å². The number of rotatable bonds is 3. The number of nitrogens with one attached hydrogen (secondary N) is 1. The van der Waals surface area contributed by atoms with E-state index in [0.717, 1.165) is 27.8 Å². The van der Waals surface area contributed by atoms with Gasteiger partial charge in [0.2, 0.25) is 0 Å². The Morgan fingerprint density at radius 2 is 1.72 bits per heavy atom. The van der Waals surface area contributed by atoms with E-state index < -0.39 is 0 Å². The fourth-order valence-electron chi connectivity index (χ4n) is 3.65. The Bertz CT molecular complexity index is 880. The summed E-state index contributed by atoms with van der Waals surface area (Å²) in [5, 5.41) is 5.51. The van der Waals surface area contributed by atoms with Gasteiger partial charge in [-0.05, 0) is 49.4 Å². The van der Waals surface area contributed by atoms with Crippen LogP contribution in [0, 0.1) is 12.7 Å². The fraction of sp³-hybridized carbons (Fsp3) is 0.318. The van der Waals surface area contributed by atoms with Gasteiger partial charge in [0.05, 0.1) is 5.69 Å². The van der Waals surface area contributed by atoms with Crippen LogP contribution in [-0.2, 0) is 0 Å². The highest BCUT2D eigenvalue weighted by molar-refractivity contribution is 5.94. The number of pyridine rings is 1. The predicted molar refractivity (Wildman–Crippen MR) is 102 cm³/mol. The molecule has 2 nitrogen and oxygen atoms in total. The number of halogens is 1. The highest BCUT2D eigenvalue weighted by Crippen LogP contribution is 2.30. The molecule has 1 fully saturated rings. The van der Waals surface area contributed by atoms with Crippen molar-refractivity contribution in [3.63, 3.8) is 0 Å². The third kappa shape index (κ3) is 3.51. The molecule has 3 heteroatoms. The second-order valence-corrected chi connectivity index (χ2v) is 7.07. The summed E-state index contributed by atoms with van der Waals surface area (Å²) in [4.78, 5) is 4.89. The van der Waals surface area contributed by atoms with Gasteiger partial charge in [0, 0.05) is 17.0 Å². The Balaban J connectivity index is 1.79. The number of hydrogen-bond donors (Lipinski definition) is 1. The molecule has 1 N–H and O–H groups in total. The average Bonchev–Trinajstić information content (AvgIpc) is 2.62. The van der Waals surface area contributed by atoms with E-state index >= 15 is 0 Å². The molecule has 1 heterocycles. The van der Waals surface area contributed by atoms with Crippen molar-refractivity contribution in [3.8, 4) is 11.3 Å². The van der Waals surface area contributed by atoms with Crippen LogP contribution in [0.2, 0.25) is 0 Å². The Morgan fingerprint density at radius 1 is 0.960 bits per heavy atom. The minimum absolute atomic E-state index is 0.211. The number of aromatic nitrogens is 1. The van der Waals surface area contributed by atoms with Crippen LogP contribution in [-0.4, -0.2) is 11.0 Å². The highest BCUT2D eigenvalue weighted by Gasteiger charge is 2.16. The van der Waals surface area contributed by atoms with Crippen LogP contribution in [0.15, 0.2) is 48.5 Å². The first kappa shape index (κ1) is 16.1. The van der Waals surface area contributed by atoms with E-state index in [-0.39, 0.29) is 5.82 Å². The molecule has 0 unspecified atom stereocenters. The molecule has 128 valence electrons. The highest BCUT2D eigenvalue weighted by atomic mass is 19.1. The molecule has 0 spiro atoms. The van der Waals surface area contributed by atoms with Crippen molar-refractivity contribution in [2.24, 2.45) is 0 Å². The molecule has 1 aliphatic rings. The van der Waals surface area contributed by atoms with Gasteiger partial charge in [-0.15, -0.1) is 0 Å². The van der Waals surface area contributed by atoms with Gasteiger partial charge in [-0.2, -0.15) is 0 Å². The van der Waals surface area contributed by atoms with Gasteiger partial charge in [-0.3, -0.25) is 0 Å². The number of aryl methyl sites for hydroxylation is 1. The molecule has 0 bridgehead atoms. The summed E-state index contributed by atoms with van der Waals surface area (Å²) < 4.78 is 13.8. The first-order valence-electron chi connectivity index (χ1n) is 9.13. The molecule has 2 aromatic carbocycles. The maximum absolute atomic E-state index is 13.8. The molecule has 0 atom stereocenters. The largest absolute Gasteiger partial charge is 0.367 e. The molecule has 1 aliphatic carbocycles. The molecule has 25 heavy (non-hydrogen) atoms. The smallest absolute Gasteiger partial charge is 0.134 e. The molecular formula is C22H23FN2. The van der Waals surface area contributed by atoms with Crippen molar-refractivity contribution in [2.75, 3.05) is 5.32 Å². The summed E-state index contributed by atoms with van der Waals surface area (Å²) in [5.74, 6) is 0.664. The third-order valence-electron chi connectivity index (χ3n) is 5.09. The predicted octanol–water partition coefficient (Wildman–Crippen LogP) is 6.09. The lowest BCUT2D eigenvalue weighted by Crippen LogP contribution is -2.23. The summed E-state index contributed by atoms with van der Waals surface area (Å²) in [7, 11) is 0. The lowest BCUT2D eigenvalue weighted by Gasteiger charge is -2.24. The zero-order chi connectivity index (χ0) is 17.2. The van der Waals surface area contributed by atoms with E-state index in [2.05, 4.69) is 36.5 Å². The lowest BCUT2D eigenvalue weighted by molar-refractivity contribution is 0.462. The monoisotopic (exact) mass is 334 g/mol. The lowest BCUT2D eigenvalue weighted by atomic mass is 9.95. The van der Waals surface area contributed by atoms with Crippen molar-refractivity contribution < 1.29 is 4.39 Å². The zero-order valence-corrected chi connectivity index (χ0v) is 14.6. The van der Waals surface area contributed by atoms with E-state index in [0.29, 0.717) is 6.04 Å². The molecule has 0 saturated heterocycles. The average molecular weight is 334 g/mol. The van der Waals surface area contributed by atoms with Crippen LogP contribution in [0.5, 0.6) is 0 Å². The summed E-state index contributed by atoms with van der Waals surface area (Å²) >= 11 is 0. The Labute approximate surface area is 148 Å². The van der Waals surface area contributed by atoms with Crippen LogP contribution in [0.25, 0.3) is 22.0 Å². The van der Waals surface area contributed by atoms with Gasteiger partial charge < -0.3 is 5.32 Å². The molecule has 3 aromatic rings. The Morgan fingerprint density at radius 3 is 2.48 bits per heavy atom. The molecule has 1 saturated carbocycles. The van der Waals surface area contributed by atoms with Crippen molar-refractivity contribution >= 4 is 16.6 Å². The van der Waals surface area contributed by atoms with E-state index in [9.17, 15) is 4.39 Å². The van der Waals surface area contributed by atoms with Crippen molar-refractivity contribution in [1.82, 2.24) is 4.98 Å². The topological polar surface area (TPSA) is 24.9 Å². The number of anilines is 1. The number of hydrogen-bond acceptors (Lipinski definition) is 2. The third-order valence-corrected chi connectivity index (χ3v) is 5.09. The standard InChI is InChI=1S/C22H23FN2/c1-15-7-9-16(10-8-15)21-14-17-13-18(23)11-12-20(17)22(25-21)24-19-5-3-2-4-6-19/h7-14,19H,2-6H2,1H3,(H,24,25). The first-order chi connectivity index (χ1) is 12.2. The van der Waals surface area contributed by atoms with E-state index in [1.54, 1.807) is 6.07 Å². The second kappa shape index (κ2) is 6.83. The van der Waals surface area contributed by atoms with Gasteiger partial charge in [0.25, 0.3) is 0 Å². The van der Waals surface area contributed by atoms with Crippen LogP contribution in [0.1, 0.15) is 37.7 Å². The Hall–Kier alpha value is -2.42. The quantitative estimate of drug-likeness (QED) is 0.626. The van der Waals surface area contributed by atoms with Gasteiger partial charge >= 0.3 is 0 Å². The molecule has 0 aliphatic heterocycles. The van der Waals surface area contributed by atoms with Gasteiger partial charge in [0.15, 0.2) is 0 Å². The Kier molecular flexibility index (Phi) is 4.39.